The number of carbonyl (C=O) groups is 2. The molecule has 0 aliphatic carbocycles. The van der Waals surface area contributed by atoms with Gasteiger partial charge in [-0.15, -0.1) is 0 Å². The molecule has 1 aliphatic heterocycles. The quantitative estimate of drug-likeness (QED) is 0.105. The number of amides is 2. The van der Waals surface area contributed by atoms with Gasteiger partial charge in [0.05, 0.1) is 5.56 Å². The van der Waals surface area contributed by atoms with E-state index < -0.39 is 17.8 Å². The number of halogens is 3. The average Bonchev–Trinajstić information content (AvgIpc) is 3.13. The molecular formula is C42H46F3N3O2. The van der Waals surface area contributed by atoms with E-state index in [1.54, 1.807) is 4.90 Å². The standard InChI is InChI=1S/C42H46F3N3O2/c1-3-4-6-11-33-15-17-36(18-16-33)31-48(40(49)24-21-34-19-22-37(23-20-34)42(43,44)45)39(30-35-12-7-5-8-13-35)41(50)47-27-25-46(26-28-47)38-14-9-10-32(2)29-38/h5,7-10,12-24,29,39H,3-4,6,11,25-28,30-31H2,1-2H3/b24-21+/t39-/m0/s1. The van der Waals surface area contributed by atoms with E-state index in [1.807, 2.05) is 53.4 Å². The molecule has 1 aliphatic rings. The lowest BCUT2D eigenvalue weighted by Gasteiger charge is -2.40. The molecule has 4 aromatic rings. The van der Waals surface area contributed by atoms with Crippen LogP contribution in [0.15, 0.2) is 109 Å². The number of nitrogens with zero attached hydrogens (tertiary/aromatic N) is 3. The Kier molecular flexibility index (Phi) is 12.5. The number of aryl methyl sites for hydroxylation is 2. The SMILES string of the molecule is CCCCCc1ccc(CN(C(=O)/C=C/c2ccc(C(F)(F)F)cc2)[C@@H](Cc2ccccc2)C(=O)N2CCN(c3cccc(C)c3)CC2)cc1. The molecule has 4 aromatic carbocycles. The highest BCUT2D eigenvalue weighted by Gasteiger charge is 2.34. The minimum atomic E-state index is -4.45. The molecular weight excluding hydrogens is 635 g/mol. The summed E-state index contributed by atoms with van der Waals surface area (Å²) in [6, 6.07) is 30.1. The van der Waals surface area contributed by atoms with Crippen LogP contribution in [-0.4, -0.2) is 53.8 Å². The van der Waals surface area contributed by atoms with Gasteiger partial charge in [0.15, 0.2) is 0 Å². The summed E-state index contributed by atoms with van der Waals surface area (Å²) < 4.78 is 39.5. The second kappa shape index (κ2) is 17.2. The summed E-state index contributed by atoms with van der Waals surface area (Å²) in [7, 11) is 0. The summed E-state index contributed by atoms with van der Waals surface area (Å²) in [5, 5.41) is 0. The zero-order chi connectivity index (χ0) is 35.5. The predicted molar refractivity (Wildman–Crippen MR) is 195 cm³/mol. The Morgan fingerprint density at radius 3 is 2.12 bits per heavy atom. The third-order valence-corrected chi connectivity index (χ3v) is 9.28. The lowest BCUT2D eigenvalue weighted by atomic mass is 10.0. The Hall–Kier alpha value is -4.85. The number of benzene rings is 4. The summed E-state index contributed by atoms with van der Waals surface area (Å²) in [5.74, 6) is -0.505. The van der Waals surface area contributed by atoms with Crippen LogP contribution >= 0.6 is 0 Å². The van der Waals surface area contributed by atoms with Gasteiger partial charge in [-0.25, -0.2) is 0 Å². The van der Waals surface area contributed by atoms with Crippen LogP contribution in [0.5, 0.6) is 0 Å². The van der Waals surface area contributed by atoms with Gasteiger partial charge in [0, 0.05) is 50.9 Å². The third kappa shape index (κ3) is 10.1. The number of hydrogen-bond acceptors (Lipinski definition) is 3. The maximum atomic E-state index is 14.5. The van der Waals surface area contributed by atoms with Gasteiger partial charge < -0.3 is 14.7 Å². The van der Waals surface area contributed by atoms with E-state index in [9.17, 15) is 22.8 Å². The first-order valence-corrected chi connectivity index (χ1v) is 17.5. The Morgan fingerprint density at radius 2 is 1.48 bits per heavy atom. The van der Waals surface area contributed by atoms with Crippen molar-refractivity contribution in [2.75, 3.05) is 31.1 Å². The Bertz CT molecular complexity index is 1710. The molecule has 0 N–H and O–H groups in total. The lowest BCUT2D eigenvalue weighted by molar-refractivity contribution is -0.144. The Morgan fingerprint density at radius 1 is 0.800 bits per heavy atom. The Balaban J connectivity index is 1.42. The van der Waals surface area contributed by atoms with Gasteiger partial charge in [0.2, 0.25) is 11.8 Å². The smallest absolute Gasteiger partial charge is 0.368 e. The molecule has 5 nitrogen and oxygen atoms in total. The van der Waals surface area contributed by atoms with Crippen LogP contribution < -0.4 is 4.90 Å². The minimum Gasteiger partial charge on any atom is -0.368 e. The van der Waals surface area contributed by atoms with Crippen LogP contribution in [-0.2, 0) is 35.2 Å². The molecule has 0 radical (unpaired) electrons. The van der Waals surface area contributed by atoms with Gasteiger partial charge in [-0.3, -0.25) is 9.59 Å². The molecule has 0 unspecified atom stereocenters. The average molecular weight is 682 g/mol. The van der Waals surface area contributed by atoms with Gasteiger partial charge in [-0.05, 0) is 77.9 Å². The molecule has 0 spiro atoms. The van der Waals surface area contributed by atoms with Crippen LogP contribution in [0.25, 0.3) is 6.08 Å². The maximum absolute atomic E-state index is 14.5. The number of anilines is 1. The van der Waals surface area contributed by atoms with Crippen LogP contribution in [0.2, 0.25) is 0 Å². The van der Waals surface area contributed by atoms with Gasteiger partial charge in [0.1, 0.15) is 6.04 Å². The van der Waals surface area contributed by atoms with Crippen molar-refractivity contribution in [2.24, 2.45) is 0 Å². The van der Waals surface area contributed by atoms with E-state index >= 15 is 0 Å². The fourth-order valence-electron chi connectivity index (χ4n) is 6.36. The zero-order valence-electron chi connectivity index (χ0n) is 28.9. The van der Waals surface area contributed by atoms with Crippen molar-refractivity contribution >= 4 is 23.6 Å². The highest BCUT2D eigenvalue weighted by molar-refractivity contribution is 5.96. The third-order valence-electron chi connectivity index (χ3n) is 9.28. The van der Waals surface area contributed by atoms with Crippen molar-refractivity contribution in [1.82, 2.24) is 9.80 Å². The molecule has 0 bridgehead atoms. The molecule has 1 fully saturated rings. The van der Waals surface area contributed by atoms with E-state index in [4.69, 9.17) is 0 Å². The number of rotatable bonds is 13. The van der Waals surface area contributed by atoms with Gasteiger partial charge in [-0.1, -0.05) is 98.6 Å². The number of piperazine rings is 1. The van der Waals surface area contributed by atoms with E-state index in [2.05, 4.69) is 49.1 Å². The molecule has 1 saturated heterocycles. The van der Waals surface area contributed by atoms with Gasteiger partial charge in [0.25, 0.3) is 0 Å². The predicted octanol–water partition coefficient (Wildman–Crippen LogP) is 8.75. The summed E-state index contributed by atoms with van der Waals surface area (Å²) >= 11 is 0. The fourth-order valence-corrected chi connectivity index (χ4v) is 6.36. The second-order valence-electron chi connectivity index (χ2n) is 13.0. The first-order chi connectivity index (χ1) is 24.1. The molecule has 262 valence electrons. The van der Waals surface area contributed by atoms with Gasteiger partial charge >= 0.3 is 6.18 Å². The molecule has 2 amide bonds. The summed E-state index contributed by atoms with van der Waals surface area (Å²) in [4.78, 5) is 34.4. The maximum Gasteiger partial charge on any atom is 0.416 e. The monoisotopic (exact) mass is 681 g/mol. The summed E-state index contributed by atoms with van der Waals surface area (Å²) in [5.41, 5.74) is 5.07. The van der Waals surface area contributed by atoms with Crippen molar-refractivity contribution < 1.29 is 22.8 Å². The molecule has 0 aromatic heterocycles. The fraction of sp³-hybridized carbons (Fsp3) is 0.333. The largest absolute Gasteiger partial charge is 0.416 e. The minimum absolute atomic E-state index is 0.120. The summed E-state index contributed by atoms with van der Waals surface area (Å²) in [6.07, 6.45) is 3.16. The second-order valence-corrected chi connectivity index (χ2v) is 13.0. The molecule has 50 heavy (non-hydrogen) atoms. The molecule has 8 heteroatoms. The summed E-state index contributed by atoms with van der Waals surface area (Å²) in [6.45, 7) is 6.84. The van der Waals surface area contributed by atoms with Gasteiger partial charge in [-0.2, -0.15) is 13.2 Å². The number of hydrogen-bond donors (Lipinski definition) is 0. The topological polar surface area (TPSA) is 43.9 Å². The lowest BCUT2D eigenvalue weighted by Crippen LogP contribution is -2.56. The van der Waals surface area contributed by atoms with E-state index in [-0.39, 0.29) is 18.4 Å². The zero-order valence-corrected chi connectivity index (χ0v) is 28.9. The van der Waals surface area contributed by atoms with Crippen LogP contribution in [0.4, 0.5) is 18.9 Å². The first kappa shape index (κ1) is 36.4. The molecule has 1 atom stereocenters. The molecule has 5 rings (SSSR count). The van der Waals surface area contributed by atoms with Crippen molar-refractivity contribution in [2.45, 2.75) is 64.7 Å². The normalized spacial score (nSPS) is 14.2. The highest BCUT2D eigenvalue weighted by atomic mass is 19.4. The molecule has 0 saturated carbocycles. The molecule has 1 heterocycles. The van der Waals surface area contributed by atoms with Crippen molar-refractivity contribution in [1.29, 1.82) is 0 Å². The van der Waals surface area contributed by atoms with Crippen LogP contribution in [0.1, 0.15) is 59.6 Å². The van der Waals surface area contributed by atoms with Crippen LogP contribution in [0, 0.1) is 6.92 Å². The van der Waals surface area contributed by atoms with Crippen molar-refractivity contribution in [3.8, 4) is 0 Å². The number of carbonyl (C=O) groups excluding carboxylic acids is 2. The van der Waals surface area contributed by atoms with Crippen LogP contribution in [0.3, 0.4) is 0 Å². The van der Waals surface area contributed by atoms with Crippen molar-refractivity contribution in [3.05, 3.63) is 143 Å². The van der Waals surface area contributed by atoms with E-state index in [0.717, 1.165) is 54.6 Å². The number of unbranched alkanes of at least 4 members (excludes halogenated alkanes) is 2. The van der Waals surface area contributed by atoms with Crippen molar-refractivity contribution in [3.63, 3.8) is 0 Å². The van der Waals surface area contributed by atoms with E-state index in [0.29, 0.717) is 38.2 Å². The highest BCUT2D eigenvalue weighted by Crippen LogP contribution is 2.29. The Labute approximate surface area is 294 Å². The number of alkyl halides is 3. The first-order valence-electron chi connectivity index (χ1n) is 17.5. The van der Waals surface area contributed by atoms with E-state index in [1.165, 1.54) is 35.4 Å².